The predicted octanol–water partition coefficient (Wildman–Crippen LogP) is 0.708. The molecule has 0 aromatic carbocycles. The van der Waals surface area contributed by atoms with Crippen molar-refractivity contribution in [3.05, 3.63) is 0 Å². The molecule has 0 unspecified atom stereocenters. The SMILES string of the molecule is COC(=O)CCCS(=O)(=O)N1CCCSCC1. The van der Waals surface area contributed by atoms with E-state index in [-0.39, 0.29) is 18.1 Å². The Labute approximate surface area is 107 Å². The first-order valence-corrected chi connectivity index (χ1v) is 8.45. The molecule has 0 aromatic heterocycles. The maximum Gasteiger partial charge on any atom is 0.305 e. The first kappa shape index (κ1) is 14.8. The average molecular weight is 281 g/mol. The number of carbonyl (C=O) groups excluding carboxylic acids is 1. The summed E-state index contributed by atoms with van der Waals surface area (Å²) in [4.78, 5) is 10.9. The lowest BCUT2D eigenvalue weighted by atomic mass is 10.3. The second-order valence-corrected chi connectivity index (χ2v) is 7.17. The van der Waals surface area contributed by atoms with Crippen LogP contribution in [-0.2, 0) is 19.6 Å². The highest BCUT2D eigenvalue weighted by Gasteiger charge is 2.22. The average Bonchev–Trinajstić information content (AvgIpc) is 2.57. The number of methoxy groups -OCH3 is 1. The summed E-state index contributed by atoms with van der Waals surface area (Å²) in [7, 11) is -1.89. The molecule has 1 aliphatic rings. The number of carbonyl (C=O) groups is 1. The van der Waals surface area contributed by atoms with Gasteiger partial charge < -0.3 is 4.74 Å². The molecule has 1 saturated heterocycles. The van der Waals surface area contributed by atoms with Gasteiger partial charge in [-0.2, -0.15) is 11.8 Å². The number of rotatable bonds is 5. The van der Waals surface area contributed by atoms with E-state index in [9.17, 15) is 13.2 Å². The Hall–Kier alpha value is -0.270. The highest BCUT2D eigenvalue weighted by molar-refractivity contribution is 7.99. The Bertz CT molecular complexity index is 334. The van der Waals surface area contributed by atoms with Crippen molar-refractivity contribution in [3.8, 4) is 0 Å². The van der Waals surface area contributed by atoms with Crippen LogP contribution in [-0.4, -0.2) is 56.2 Å². The summed E-state index contributed by atoms with van der Waals surface area (Å²) in [5, 5.41) is 0. The van der Waals surface area contributed by atoms with Crippen LogP contribution in [0.15, 0.2) is 0 Å². The minimum Gasteiger partial charge on any atom is -0.469 e. The van der Waals surface area contributed by atoms with Gasteiger partial charge in [0.15, 0.2) is 0 Å². The zero-order valence-corrected chi connectivity index (χ0v) is 11.7. The van der Waals surface area contributed by atoms with Gasteiger partial charge in [0.25, 0.3) is 0 Å². The molecular weight excluding hydrogens is 262 g/mol. The minimum absolute atomic E-state index is 0.0345. The molecule has 1 heterocycles. The van der Waals surface area contributed by atoms with Gasteiger partial charge in [0.2, 0.25) is 10.0 Å². The van der Waals surface area contributed by atoms with Crippen LogP contribution in [0.3, 0.4) is 0 Å². The number of nitrogens with zero attached hydrogens (tertiary/aromatic N) is 1. The summed E-state index contributed by atoms with van der Waals surface area (Å²) in [5.74, 6) is 1.56. The number of thioether (sulfide) groups is 1. The third-order valence-corrected chi connectivity index (χ3v) is 5.59. The summed E-state index contributed by atoms with van der Waals surface area (Å²) in [6, 6.07) is 0. The zero-order valence-electron chi connectivity index (χ0n) is 10.1. The standard InChI is InChI=1S/C10H19NO4S2/c1-15-10(12)4-2-9-17(13,14)11-5-3-7-16-8-6-11/h2-9H2,1H3. The molecule has 0 amide bonds. The van der Waals surface area contributed by atoms with Gasteiger partial charge in [-0.05, 0) is 18.6 Å². The first-order valence-electron chi connectivity index (χ1n) is 5.68. The molecule has 17 heavy (non-hydrogen) atoms. The molecule has 0 spiro atoms. The molecule has 100 valence electrons. The maximum absolute atomic E-state index is 12.0. The van der Waals surface area contributed by atoms with Crippen LogP contribution in [0.1, 0.15) is 19.3 Å². The molecule has 0 aromatic rings. The third kappa shape index (κ3) is 5.27. The predicted molar refractivity (Wildman–Crippen MR) is 68.6 cm³/mol. The molecule has 0 bridgehead atoms. The van der Waals surface area contributed by atoms with Crippen LogP contribution >= 0.6 is 11.8 Å². The van der Waals surface area contributed by atoms with E-state index in [4.69, 9.17) is 0 Å². The molecule has 0 radical (unpaired) electrons. The Morgan fingerprint density at radius 3 is 2.82 bits per heavy atom. The van der Waals surface area contributed by atoms with Gasteiger partial charge in [0.1, 0.15) is 0 Å². The highest BCUT2D eigenvalue weighted by Crippen LogP contribution is 2.14. The van der Waals surface area contributed by atoms with Crippen molar-refractivity contribution in [1.82, 2.24) is 4.31 Å². The van der Waals surface area contributed by atoms with E-state index in [2.05, 4.69) is 4.74 Å². The summed E-state index contributed by atoms with van der Waals surface area (Å²) in [6.45, 7) is 1.19. The van der Waals surface area contributed by atoms with Crippen LogP contribution < -0.4 is 0 Å². The van der Waals surface area contributed by atoms with E-state index in [1.165, 1.54) is 7.11 Å². The van der Waals surface area contributed by atoms with Crippen LogP contribution in [0, 0.1) is 0 Å². The second kappa shape index (κ2) is 7.23. The van der Waals surface area contributed by atoms with Gasteiger partial charge in [-0.25, -0.2) is 12.7 Å². The largest absolute Gasteiger partial charge is 0.469 e. The Balaban J connectivity index is 2.41. The molecule has 0 atom stereocenters. The van der Waals surface area contributed by atoms with Crippen molar-refractivity contribution in [2.45, 2.75) is 19.3 Å². The van der Waals surface area contributed by atoms with Crippen LogP contribution in [0.2, 0.25) is 0 Å². The van der Waals surface area contributed by atoms with Crippen molar-refractivity contribution < 1.29 is 17.9 Å². The summed E-state index contributed by atoms with van der Waals surface area (Å²) in [5.41, 5.74) is 0. The lowest BCUT2D eigenvalue weighted by molar-refractivity contribution is -0.140. The summed E-state index contributed by atoms with van der Waals surface area (Å²) < 4.78 is 30.0. The second-order valence-electron chi connectivity index (χ2n) is 3.86. The van der Waals surface area contributed by atoms with E-state index in [1.54, 1.807) is 16.1 Å². The number of sulfonamides is 1. The Morgan fingerprint density at radius 1 is 1.35 bits per heavy atom. The van der Waals surface area contributed by atoms with Crippen molar-refractivity contribution in [2.24, 2.45) is 0 Å². The number of hydrogen-bond donors (Lipinski definition) is 0. The molecular formula is C10H19NO4S2. The van der Waals surface area contributed by atoms with E-state index >= 15 is 0 Å². The van der Waals surface area contributed by atoms with Crippen molar-refractivity contribution in [2.75, 3.05) is 37.5 Å². The maximum atomic E-state index is 12.0. The van der Waals surface area contributed by atoms with Gasteiger partial charge in [-0.15, -0.1) is 0 Å². The highest BCUT2D eigenvalue weighted by atomic mass is 32.2. The zero-order chi connectivity index (χ0) is 12.7. The molecule has 0 saturated carbocycles. The molecule has 1 aliphatic heterocycles. The van der Waals surface area contributed by atoms with Crippen molar-refractivity contribution in [1.29, 1.82) is 0 Å². The minimum atomic E-state index is -3.20. The topological polar surface area (TPSA) is 63.7 Å². The number of hydrogen-bond acceptors (Lipinski definition) is 5. The molecule has 1 rings (SSSR count). The molecule has 1 fully saturated rings. The number of ether oxygens (including phenoxy) is 1. The summed E-state index contributed by atoms with van der Waals surface area (Å²) in [6.07, 6.45) is 1.40. The Morgan fingerprint density at radius 2 is 2.12 bits per heavy atom. The third-order valence-electron chi connectivity index (χ3n) is 2.59. The fraction of sp³-hybridized carbons (Fsp3) is 0.900. The fourth-order valence-electron chi connectivity index (χ4n) is 1.63. The quantitative estimate of drug-likeness (QED) is 0.694. The Kier molecular flexibility index (Phi) is 6.29. The first-order chi connectivity index (χ1) is 8.06. The van der Waals surface area contributed by atoms with Gasteiger partial charge in [0.05, 0.1) is 12.9 Å². The number of esters is 1. The van der Waals surface area contributed by atoms with Gasteiger partial charge >= 0.3 is 5.97 Å². The van der Waals surface area contributed by atoms with Crippen molar-refractivity contribution >= 4 is 27.8 Å². The monoisotopic (exact) mass is 281 g/mol. The van der Waals surface area contributed by atoms with Crippen LogP contribution in [0.5, 0.6) is 0 Å². The van der Waals surface area contributed by atoms with E-state index < -0.39 is 10.0 Å². The van der Waals surface area contributed by atoms with Gasteiger partial charge in [-0.1, -0.05) is 0 Å². The van der Waals surface area contributed by atoms with E-state index in [0.717, 1.165) is 17.9 Å². The molecule has 0 aliphatic carbocycles. The van der Waals surface area contributed by atoms with Gasteiger partial charge in [-0.3, -0.25) is 4.79 Å². The van der Waals surface area contributed by atoms with Crippen molar-refractivity contribution in [3.63, 3.8) is 0 Å². The molecule has 0 N–H and O–H groups in total. The van der Waals surface area contributed by atoms with E-state index in [0.29, 0.717) is 19.5 Å². The molecule has 5 nitrogen and oxygen atoms in total. The lowest BCUT2D eigenvalue weighted by Crippen LogP contribution is -2.34. The lowest BCUT2D eigenvalue weighted by Gasteiger charge is -2.19. The van der Waals surface area contributed by atoms with Crippen LogP contribution in [0.4, 0.5) is 0 Å². The van der Waals surface area contributed by atoms with E-state index in [1.807, 2.05) is 0 Å². The fourth-order valence-corrected chi connectivity index (χ4v) is 4.18. The normalized spacial score (nSPS) is 18.6. The smallest absolute Gasteiger partial charge is 0.305 e. The van der Waals surface area contributed by atoms with Crippen LogP contribution in [0.25, 0.3) is 0 Å². The molecule has 7 heteroatoms. The summed E-state index contributed by atoms with van der Waals surface area (Å²) >= 11 is 1.79. The van der Waals surface area contributed by atoms with Gasteiger partial charge in [0, 0.05) is 25.3 Å².